The molecular weight excluding hydrogens is 313 g/mol. The molecule has 0 saturated heterocycles. The number of hydrogen-bond acceptors (Lipinski definition) is 2. The highest BCUT2D eigenvalue weighted by Crippen LogP contribution is 2.25. The molecule has 4 rings (SSSR count). The standard InChI is InChI=1S/C22H18FNO/c23-19-9-6-18(7-10-19)22-21-14-20(11-8-17(21)12-13-24-22)25-15-16-4-2-1-3-5-16/h1-11,14H,12-13,15H2. The lowest BCUT2D eigenvalue weighted by Crippen LogP contribution is -2.14. The molecule has 0 amide bonds. The van der Waals surface area contributed by atoms with Crippen LogP contribution >= 0.6 is 0 Å². The van der Waals surface area contributed by atoms with Gasteiger partial charge in [0, 0.05) is 17.7 Å². The molecule has 25 heavy (non-hydrogen) atoms. The predicted octanol–water partition coefficient (Wildman–Crippen LogP) is 4.80. The number of nitrogens with zero attached hydrogens (tertiary/aromatic N) is 1. The highest BCUT2D eigenvalue weighted by atomic mass is 19.1. The second kappa shape index (κ2) is 6.89. The van der Waals surface area contributed by atoms with Crippen molar-refractivity contribution in [3.05, 3.63) is 101 Å². The van der Waals surface area contributed by atoms with Gasteiger partial charge >= 0.3 is 0 Å². The van der Waals surface area contributed by atoms with Crippen LogP contribution < -0.4 is 4.74 Å². The van der Waals surface area contributed by atoms with Crippen LogP contribution in [0.2, 0.25) is 0 Å². The average Bonchev–Trinajstić information content (AvgIpc) is 2.67. The number of rotatable bonds is 4. The number of ether oxygens (including phenoxy) is 1. The number of halogens is 1. The van der Waals surface area contributed by atoms with Crippen molar-refractivity contribution < 1.29 is 9.13 Å². The fourth-order valence-electron chi connectivity index (χ4n) is 3.05. The van der Waals surface area contributed by atoms with Crippen molar-refractivity contribution in [1.29, 1.82) is 0 Å². The Labute approximate surface area is 146 Å². The highest BCUT2D eigenvalue weighted by Gasteiger charge is 2.17. The smallest absolute Gasteiger partial charge is 0.123 e. The van der Waals surface area contributed by atoms with E-state index in [0.717, 1.165) is 41.1 Å². The minimum atomic E-state index is -0.236. The second-order valence-electron chi connectivity index (χ2n) is 6.08. The fourth-order valence-corrected chi connectivity index (χ4v) is 3.05. The summed E-state index contributed by atoms with van der Waals surface area (Å²) in [5.41, 5.74) is 5.30. The molecule has 0 N–H and O–H groups in total. The summed E-state index contributed by atoms with van der Waals surface area (Å²) in [5.74, 6) is 0.583. The summed E-state index contributed by atoms with van der Waals surface area (Å²) in [6.45, 7) is 1.28. The maximum atomic E-state index is 13.2. The van der Waals surface area contributed by atoms with Crippen LogP contribution in [0.4, 0.5) is 4.39 Å². The normalized spacial score (nSPS) is 13.1. The molecule has 0 aromatic heterocycles. The van der Waals surface area contributed by atoms with Gasteiger partial charge in [-0.25, -0.2) is 4.39 Å². The van der Waals surface area contributed by atoms with E-state index in [0.29, 0.717) is 6.61 Å². The van der Waals surface area contributed by atoms with Gasteiger partial charge in [-0.3, -0.25) is 4.99 Å². The number of hydrogen-bond donors (Lipinski definition) is 0. The highest BCUT2D eigenvalue weighted by molar-refractivity contribution is 6.14. The quantitative estimate of drug-likeness (QED) is 0.673. The third-order valence-corrected chi connectivity index (χ3v) is 4.35. The van der Waals surface area contributed by atoms with Gasteiger partial charge in [0.15, 0.2) is 0 Å². The van der Waals surface area contributed by atoms with E-state index in [9.17, 15) is 4.39 Å². The molecule has 0 unspecified atom stereocenters. The first-order valence-corrected chi connectivity index (χ1v) is 8.40. The molecule has 3 aromatic carbocycles. The average molecular weight is 331 g/mol. The molecule has 1 aliphatic heterocycles. The van der Waals surface area contributed by atoms with Gasteiger partial charge < -0.3 is 4.74 Å². The van der Waals surface area contributed by atoms with Gasteiger partial charge in [0.05, 0.1) is 5.71 Å². The molecule has 0 atom stereocenters. The third-order valence-electron chi connectivity index (χ3n) is 4.35. The molecule has 0 bridgehead atoms. The summed E-state index contributed by atoms with van der Waals surface area (Å²) in [5, 5.41) is 0. The number of aliphatic imine (C=N–C) groups is 1. The van der Waals surface area contributed by atoms with Crippen LogP contribution in [0, 0.1) is 5.82 Å². The first kappa shape index (κ1) is 15.6. The number of fused-ring (bicyclic) bond motifs is 1. The van der Waals surface area contributed by atoms with Crippen molar-refractivity contribution in [2.45, 2.75) is 13.0 Å². The maximum Gasteiger partial charge on any atom is 0.123 e. The molecule has 0 radical (unpaired) electrons. The van der Waals surface area contributed by atoms with Crippen LogP contribution in [0.5, 0.6) is 5.75 Å². The van der Waals surface area contributed by atoms with E-state index in [1.54, 1.807) is 12.1 Å². The van der Waals surface area contributed by atoms with Gasteiger partial charge in [-0.05, 0) is 53.9 Å². The molecule has 1 aliphatic rings. The van der Waals surface area contributed by atoms with Crippen LogP contribution in [0.1, 0.15) is 22.3 Å². The topological polar surface area (TPSA) is 21.6 Å². The molecule has 3 aromatic rings. The van der Waals surface area contributed by atoms with Crippen molar-refractivity contribution in [2.75, 3.05) is 6.54 Å². The van der Waals surface area contributed by atoms with E-state index in [-0.39, 0.29) is 5.82 Å². The summed E-state index contributed by atoms with van der Waals surface area (Å²) in [6.07, 6.45) is 0.916. The van der Waals surface area contributed by atoms with Crippen molar-refractivity contribution >= 4 is 5.71 Å². The van der Waals surface area contributed by atoms with Crippen molar-refractivity contribution in [1.82, 2.24) is 0 Å². The SMILES string of the molecule is Fc1ccc(C2=NCCc3ccc(OCc4ccccc4)cc32)cc1. The predicted molar refractivity (Wildman–Crippen MR) is 97.8 cm³/mol. The summed E-state index contributed by atoms with van der Waals surface area (Å²) in [6, 6.07) is 22.8. The second-order valence-corrected chi connectivity index (χ2v) is 6.08. The fraction of sp³-hybridized carbons (Fsp3) is 0.136. The van der Waals surface area contributed by atoms with E-state index in [4.69, 9.17) is 4.74 Å². The van der Waals surface area contributed by atoms with E-state index < -0.39 is 0 Å². The Kier molecular flexibility index (Phi) is 4.30. The van der Waals surface area contributed by atoms with Crippen molar-refractivity contribution in [2.24, 2.45) is 4.99 Å². The Balaban J connectivity index is 1.61. The van der Waals surface area contributed by atoms with Gasteiger partial charge in [0.25, 0.3) is 0 Å². The van der Waals surface area contributed by atoms with Crippen LogP contribution in [-0.2, 0) is 13.0 Å². The minimum Gasteiger partial charge on any atom is -0.489 e. The molecule has 0 aliphatic carbocycles. The Hall–Kier alpha value is -2.94. The van der Waals surface area contributed by atoms with Gasteiger partial charge in [-0.1, -0.05) is 36.4 Å². The van der Waals surface area contributed by atoms with Gasteiger partial charge in [0.1, 0.15) is 18.2 Å². The summed E-state index contributed by atoms with van der Waals surface area (Å²) >= 11 is 0. The third kappa shape index (κ3) is 3.45. The molecule has 124 valence electrons. The lowest BCUT2D eigenvalue weighted by Gasteiger charge is -2.18. The summed E-state index contributed by atoms with van der Waals surface area (Å²) in [4.78, 5) is 4.67. The van der Waals surface area contributed by atoms with Crippen LogP contribution in [0.15, 0.2) is 77.8 Å². The van der Waals surface area contributed by atoms with Crippen LogP contribution in [-0.4, -0.2) is 12.3 Å². The Morgan fingerprint density at radius 1 is 0.920 bits per heavy atom. The zero-order valence-corrected chi connectivity index (χ0v) is 13.8. The lowest BCUT2D eigenvalue weighted by atomic mass is 9.93. The first-order valence-electron chi connectivity index (χ1n) is 8.40. The molecule has 0 saturated carbocycles. The zero-order chi connectivity index (χ0) is 17.1. The molecule has 3 heteroatoms. The summed E-state index contributed by atoms with van der Waals surface area (Å²) in [7, 11) is 0. The van der Waals surface area contributed by atoms with Crippen LogP contribution in [0.3, 0.4) is 0 Å². The Bertz CT molecular complexity index is 901. The molecule has 2 nitrogen and oxygen atoms in total. The van der Waals surface area contributed by atoms with Crippen LogP contribution in [0.25, 0.3) is 0 Å². The Morgan fingerprint density at radius 2 is 1.72 bits per heavy atom. The zero-order valence-electron chi connectivity index (χ0n) is 13.8. The van der Waals surface area contributed by atoms with Crippen molar-refractivity contribution in [3.8, 4) is 5.75 Å². The Morgan fingerprint density at radius 3 is 2.52 bits per heavy atom. The molecule has 0 spiro atoms. The maximum absolute atomic E-state index is 13.2. The molecule has 1 heterocycles. The number of benzene rings is 3. The lowest BCUT2D eigenvalue weighted by molar-refractivity contribution is 0.306. The first-order chi connectivity index (χ1) is 12.3. The van der Waals surface area contributed by atoms with Gasteiger partial charge in [-0.2, -0.15) is 0 Å². The van der Waals surface area contributed by atoms with E-state index in [2.05, 4.69) is 11.1 Å². The minimum absolute atomic E-state index is 0.236. The van der Waals surface area contributed by atoms with E-state index in [1.165, 1.54) is 17.7 Å². The van der Waals surface area contributed by atoms with Crippen molar-refractivity contribution in [3.63, 3.8) is 0 Å². The van der Waals surface area contributed by atoms with Gasteiger partial charge in [0.2, 0.25) is 0 Å². The molecular formula is C22H18FNO. The molecule has 0 fully saturated rings. The van der Waals surface area contributed by atoms with E-state index in [1.807, 2.05) is 42.5 Å². The summed E-state index contributed by atoms with van der Waals surface area (Å²) < 4.78 is 19.2. The monoisotopic (exact) mass is 331 g/mol. The van der Waals surface area contributed by atoms with Gasteiger partial charge in [-0.15, -0.1) is 0 Å². The van der Waals surface area contributed by atoms with E-state index >= 15 is 0 Å². The largest absolute Gasteiger partial charge is 0.489 e.